The van der Waals surface area contributed by atoms with Crippen LogP contribution >= 0.6 is 34.4 Å². The van der Waals surface area contributed by atoms with E-state index < -0.39 is 0 Å². The maximum atomic E-state index is 5.96. The van der Waals surface area contributed by atoms with Crippen LogP contribution in [-0.2, 0) is 0 Å². The molecule has 4 nitrogen and oxygen atoms in total. The molecule has 4 aromatic rings. The average Bonchev–Trinajstić information content (AvgIpc) is 3.04. The Kier molecular flexibility index (Phi) is 2.83. The van der Waals surface area contributed by atoms with Crippen molar-refractivity contribution in [3.63, 3.8) is 0 Å². The Bertz CT molecular complexity index is 879. The van der Waals surface area contributed by atoms with E-state index >= 15 is 0 Å². The van der Waals surface area contributed by atoms with E-state index in [0.717, 1.165) is 20.1 Å². The number of nitrogens with zero attached hydrogens (tertiary/aromatic N) is 3. The van der Waals surface area contributed by atoms with Crippen molar-refractivity contribution in [2.45, 2.75) is 9.50 Å². The fourth-order valence-electron chi connectivity index (χ4n) is 1.88. The molecular weight excluding hydrogens is 308 g/mol. The van der Waals surface area contributed by atoms with Gasteiger partial charge in [0.15, 0.2) is 9.50 Å². The minimum absolute atomic E-state index is 0.528. The summed E-state index contributed by atoms with van der Waals surface area (Å²) in [6, 6.07) is 10.0. The highest BCUT2D eigenvalue weighted by Gasteiger charge is 2.10. The Labute approximate surface area is 126 Å². The van der Waals surface area contributed by atoms with Crippen LogP contribution in [0.4, 0.5) is 5.82 Å². The molecule has 0 fully saturated rings. The van der Waals surface area contributed by atoms with Gasteiger partial charge >= 0.3 is 0 Å². The van der Waals surface area contributed by atoms with Crippen LogP contribution in [0.2, 0.25) is 0 Å². The Morgan fingerprint density at radius 2 is 1.95 bits per heavy atom. The zero-order chi connectivity index (χ0) is 13.5. The van der Waals surface area contributed by atoms with Crippen molar-refractivity contribution in [2.24, 2.45) is 0 Å². The van der Waals surface area contributed by atoms with Crippen LogP contribution in [0, 0.1) is 0 Å². The quantitative estimate of drug-likeness (QED) is 0.566. The molecule has 0 aliphatic rings. The van der Waals surface area contributed by atoms with E-state index in [0.29, 0.717) is 11.0 Å². The van der Waals surface area contributed by atoms with Gasteiger partial charge in [-0.2, -0.15) is 0 Å². The normalized spacial score (nSPS) is 11.4. The number of benzene rings is 1. The zero-order valence-corrected chi connectivity index (χ0v) is 12.6. The molecule has 2 N–H and O–H groups in total. The van der Waals surface area contributed by atoms with Crippen molar-refractivity contribution in [1.29, 1.82) is 0 Å². The van der Waals surface area contributed by atoms with E-state index in [9.17, 15) is 0 Å². The lowest BCUT2D eigenvalue weighted by atomic mass is 10.3. The highest BCUT2D eigenvalue weighted by molar-refractivity contribution is 8.01. The second kappa shape index (κ2) is 4.69. The van der Waals surface area contributed by atoms with E-state index in [1.165, 1.54) is 16.5 Å². The van der Waals surface area contributed by atoms with Gasteiger partial charge in [-0.05, 0) is 35.3 Å². The SMILES string of the molecule is Nc1nc(Sc2nc3ccccc3s2)nc2sccc12. The second-order valence-electron chi connectivity index (χ2n) is 4.08. The molecule has 0 aliphatic heterocycles. The second-order valence-corrected chi connectivity index (χ2v) is 7.22. The number of aromatic nitrogens is 3. The van der Waals surface area contributed by atoms with Crippen molar-refractivity contribution in [1.82, 2.24) is 15.0 Å². The molecule has 7 heteroatoms. The molecule has 4 rings (SSSR count). The van der Waals surface area contributed by atoms with Crippen LogP contribution in [-0.4, -0.2) is 15.0 Å². The highest BCUT2D eigenvalue weighted by Crippen LogP contribution is 2.34. The molecule has 98 valence electrons. The predicted molar refractivity (Wildman–Crippen MR) is 85.6 cm³/mol. The first-order chi connectivity index (χ1) is 9.79. The molecule has 0 bridgehead atoms. The fourth-order valence-corrected chi connectivity index (χ4v) is 4.64. The van der Waals surface area contributed by atoms with Gasteiger partial charge in [0.1, 0.15) is 10.6 Å². The molecule has 0 amide bonds. The first-order valence-electron chi connectivity index (χ1n) is 5.84. The molecule has 0 saturated heterocycles. The molecule has 1 aromatic carbocycles. The fraction of sp³-hybridized carbons (Fsp3) is 0. The Morgan fingerprint density at radius 3 is 2.85 bits per heavy atom. The summed E-state index contributed by atoms with van der Waals surface area (Å²) in [5.41, 5.74) is 6.96. The summed E-state index contributed by atoms with van der Waals surface area (Å²) in [6.07, 6.45) is 0. The van der Waals surface area contributed by atoms with Gasteiger partial charge in [0.2, 0.25) is 0 Å². The lowest BCUT2D eigenvalue weighted by Crippen LogP contribution is -1.94. The van der Waals surface area contributed by atoms with Crippen LogP contribution in [0.5, 0.6) is 0 Å². The Hall–Kier alpha value is -1.70. The monoisotopic (exact) mass is 316 g/mol. The first kappa shape index (κ1) is 12.1. The summed E-state index contributed by atoms with van der Waals surface area (Å²) in [6.45, 7) is 0. The standard InChI is InChI=1S/C13H8N4S3/c14-10-7-5-6-18-11(7)17-12(16-10)20-13-15-8-3-1-2-4-9(8)19-13/h1-6H,(H2,14,16,17). The molecule has 3 heterocycles. The Morgan fingerprint density at radius 1 is 1.05 bits per heavy atom. The third-order valence-electron chi connectivity index (χ3n) is 2.79. The predicted octanol–water partition coefficient (Wildman–Crippen LogP) is 4.03. The largest absolute Gasteiger partial charge is 0.383 e. The molecule has 3 aromatic heterocycles. The van der Waals surface area contributed by atoms with Crippen LogP contribution < -0.4 is 5.73 Å². The van der Waals surface area contributed by atoms with Crippen LogP contribution in [0.15, 0.2) is 45.2 Å². The van der Waals surface area contributed by atoms with Crippen molar-refractivity contribution in [3.8, 4) is 0 Å². The van der Waals surface area contributed by atoms with E-state index in [2.05, 4.69) is 21.0 Å². The third kappa shape index (κ3) is 2.04. The summed E-state index contributed by atoms with van der Waals surface area (Å²) in [5, 5.41) is 3.54. The minimum atomic E-state index is 0.528. The zero-order valence-electron chi connectivity index (χ0n) is 10.1. The van der Waals surface area contributed by atoms with E-state index in [1.54, 1.807) is 22.7 Å². The molecule has 0 spiro atoms. The van der Waals surface area contributed by atoms with E-state index in [-0.39, 0.29) is 0 Å². The molecular formula is C13H8N4S3. The molecule has 0 saturated carbocycles. The third-order valence-corrected chi connectivity index (χ3v) is 5.56. The number of thiophene rings is 1. The molecule has 0 radical (unpaired) electrons. The highest BCUT2D eigenvalue weighted by atomic mass is 32.2. The number of nitrogens with two attached hydrogens (primary N) is 1. The average molecular weight is 316 g/mol. The first-order valence-corrected chi connectivity index (χ1v) is 8.35. The topological polar surface area (TPSA) is 64.7 Å². The van der Waals surface area contributed by atoms with Gasteiger partial charge in [-0.15, -0.1) is 22.7 Å². The van der Waals surface area contributed by atoms with Gasteiger partial charge in [0.25, 0.3) is 0 Å². The molecule has 0 atom stereocenters. The number of hydrogen-bond acceptors (Lipinski definition) is 7. The molecule has 0 aliphatic carbocycles. The molecule has 20 heavy (non-hydrogen) atoms. The van der Waals surface area contributed by atoms with Gasteiger partial charge in [-0.3, -0.25) is 0 Å². The number of para-hydroxylation sites is 1. The van der Waals surface area contributed by atoms with Crippen molar-refractivity contribution >= 4 is 60.7 Å². The van der Waals surface area contributed by atoms with Crippen molar-refractivity contribution in [3.05, 3.63) is 35.7 Å². The maximum Gasteiger partial charge on any atom is 0.198 e. The smallest absolute Gasteiger partial charge is 0.198 e. The van der Waals surface area contributed by atoms with Gasteiger partial charge in [-0.25, -0.2) is 15.0 Å². The van der Waals surface area contributed by atoms with E-state index in [4.69, 9.17) is 5.73 Å². The summed E-state index contributed by atoms with van der Waals surface area (Å²) in [5.74, 6) is 0.528. The number of fused-ring (bicyclic) bond motifs is 2. The lowest BCUT2D eigenvalue weighted by molar-refractivity contribution is 1.02. The van der Waals surface area contributed by atoms with Crippen molar-refractivity contribution < 1.29 is 0 Å². The number of rotatable bonds is 2. The van der Waals surface area contributed by atoms with E-state index in [1.807, 2.05) is 29.6 Å². The minimum Gasteiger partial charge on any atom is -0.383 e. The lowest BCUT2D eigenvalue weighted by Gasteiger charge is -1.99. The van der Waals surface area contributed by atoms with Crippen molar-refractivity contribution in [2.75, 3.05) is 5.73 Å². The summed E-state index contributed by atoms with van der Waals surface area (Å²) >= 11 is 4.67. The Balaban J connectivity index is 1.76. The van der Waals surface area contributed by atoms with Gasteiger partial charge in [-0.1, -0.05) is 12.1 Å². The maximum absolute atomic E-state index is 5.96. The summed E-state index contributed by atoms with van der Waals surface area (Å²) in [4.78, 5) is 14.3. The van der Waals surface area contributed by atoms with Gasteiger partial charge < -0.3 is 5.73 Å². The van der Waals surface area contributed by atoms with Crippen LogP contribution in [0.1, 0.15) is 0 Å². The van der Waals surface area contributed by atoms with Gasteiger partial charge in [0.05, 0.1) is 15.6 Å². The number of thiazole rings is 1. The summed E-state index contributed by atoms with van der Waals surface area (Å²) in [7, 11) is 0. The van der Waals surface area contributed by atoms with Crippen LogP contribution in [0.3, 0.4) is 0 Å². The number of anilines is 1. The summed E-state index contributed by atoms with van der Waals surface area (Å²) < 4.78 is 2.10. The molecule has 0 unspecified atom stereocenters. The number of hydrogen-bond donors (Lipinski definition) is 1. The van der Waals surface area contributed by atoms with Crippen LogP contribution in [0.25, 0.3) is 20.4 Å². The number of nitrogen functional groups attached to an aromatic ring is 1. The van der Waals surface area contributed by atoms with Gasteiger partial charge in [0, 0.05) is 0 Å².